The van der Waals surface area contributed by atoms with Crippen LogP contribution >= 0.6 is 11.8 Å². The first-order valence-corrected chi connectivity index (χ1v) is 11.2. The fourth-order valence-corrected chi connectivity index (χ4v) is 5.50. The lowest BCUT2D eigenvalue weighted by atomic mass is 9.95. The van der Waals surface area contributed by atoms with E-state index in [0.29, 0.717) is 11.8 Å². The minimum atomic E-state index is 0.195. The van der Waals surface area contributed by atoms with E-state index in [9.17, 15) is 4.79 Å². The van der Waals surface area contributed by atoms with Gasteiger partial charge in [-0.3, -0.25) is 4.79 Å². The number of carbonyl (C=O) groups excluding carboxylic acids is 1. The molecule has 1 amide bonds. The molecule has 2 heterocycles. The van der Waals surface area contributed by atoms with E-state index in [1.54, 1.807) is 11.8 Å². The summed E-state index contributed by atoms with van der Waals surface area (Å²) in [7, 11) is 0. The van der Waals surface area contributed by atoms with Gasteiger partial charge in [0.15, 0.2) is 5.16 Å². The Bertz CT molecular complexity index is 823. The first-order valence-electron chi connectivity index (χ1n) is 10.2. The van der Waals surface area contributed by atoms with Gasteiger partial charge in [-0.2, -0.15) is 0 Å². The van der Waals surface area contributed by atoms with Crippen molar-refractivity contribution in [1.29, 1.82) is 0 Å². The number of carbonyl (C=O) groups is 1. The second kappa shape index (κ2) is 8.09. The number of benzene rings is 1. The van der Waals surface area contributed by atoms with Crippen LogP contribution in [-0.4, -0.2) is 27.8 Å². The zero-order chi connectivity index (χ0) is 18.8. The molecule has 0 bridgehead atoms. The summed E-state index contributed by atoms with van der Waals surface area (Å²) in [5, 5.41) is 1.02. The maximum atomic E-state index is 13.0. The Kier molecular flexibility index (Phi) is 5.58. The maximum absolute atomic E-state index is 13.0. The summed E-state index contributed by atoms with van der Waals surface area (Å²) in [5.41, 5.74) is 4.74. The van der Waals surface area contributed by atoms with Crippen LogP contribution in [-0.2, 0) is 11.2 Å². The topological polar surface area (TPSA) is 38.1 Å². The minimum Gasteiger partial charge on any atom is -0.320 e. The van der Waals surface area contributed by atoms with Crippen LogP contribution in [0.15, 0.2) is 29.4 Å². The third-order valence-corrected chi connectivity index (χ3v) is 6.97. The molecule has 0 unspecified atom stereocenters. The van der Waals surface area contributed by atoms with Gasteiger partial charge in [-0.25, -0.2) is 4.98 Å². The van der Waals surface area contributed by atoms with Crippen LogP contribution in [0.4, 0.5) is 5.69 Å². The summed E-state index contributed by atoms with van der Waals surface area (Å²) in [6.45, 7) is 5.08. The highest BCUT2D eigenvalue weighted by Gasteiger charge is 2.25. The largest absolute Gasteiger partial charge is 0.320 e. The van der Waals surface area contributed by atoms with E-state index in [4.69, 9.17) is 4.98 Å². The number of amides is 1. The Morgan fingerprint density at radius 2 is 1.93 bits per heavy atom. The molecule has 1 aromatic heterocycles. The molecular formula is C22H29N3OS. The maximum Gasteiger partial charge on any atom is 0.237 e. The molecule has 1 fully saturated rings. The molecular weight excluding hydrogens is 354 g/mol. The average Bonchev–Trinajstić information content (AvgIpc) is 3.00. The van der Waals surface area contributed by atoms with E-state index >= 15 is 0 Å². The van der Waals surface area contributed by atoms with Gasteiger partial charge in [-0.05, 0) is 51.2 Å². The molecule has 1 aromatic carbocycles. The van der Waals surface area contributed by atoms with Crippen molar-refractivity contribution in [2.45, 2.75) is 70.0 Å². The Morgan fingerprint density at radius 1 is 1.15 bits per heavy atom. The molecule has 4 rings (SSSR count). The number of hydrogen-bond acceptors (Lipinski definition) is 3. The molecule has 144 valence electrons. The standard InChI is InChI=1S/C22H29N3OS/c1-16-17(2)25(19-11-4-3-5-12-19)22(23-16)27-15-21(26)24-14-8-10-18-9-6-7-13-20(18)24/h6-7,9,13,19H,3-5,8,10-12,14-15H2,1-2H3. The Hall–Kier alpha value is -1.75. The summed E-state index contributed by atoms with van der Waals surface area (Å²) in [6, 6.07) is 8.86. The van der Waals surface area contributed by atoms with Crippen molar-refractivity contribution >= 4 is 23.4 Å². The van der Waals surface area contributed by atoms with E-state index in [-0.39, 0.29) is 5.91 Å². The predicted molar refractivity (Wildman–Crippen MR) is 112 cm³/mol. The van der Waals surface area contributed by atoms with Crippen LogP contribution in [0.25, 0.3) is 0 Å². The SMILES string of the molecule is Cc1nc(SCC(=O)N2CCCc3ccccc32)n(C2CCCCC2)c1C. The van der Waals surface area contributed by atoms with Crippen molar-refractivity contribution in [1.82, 2.24) is 9.55 Å². The van der Waals surface area contributed by atoms with Gasteiger partial charge in [0, 0.05) is 24.0 Å². The van der Waals surface area contributed by atoms with Gasteiger partial charge < -0.3 is 9.47 Å². The molecule has 0 radical (unpaired) electrons. The van der Waals surface area contributed by atoms with Gasteiger partial charge >= 0.3 is 0 Å². The molecule has 0 N–H and O–H groups in total. The van der Waals surface area contributed by atoms with Crippen molar-refractivity contribution in [3.63, 3.8) is 0 Å². The zero-order valence-electron chi connectivity index (χ0n) is 16.4. The number of fused-ring (bicyclic) bond motifs is 1. The molecule has 0 saturated heterocycles. The number of thioether (sulfide) groups is 1. The van der Waals surface area contributed by atoms with Crippen molar-refractivity contribution < 1.29 is 4.79 Å². The van der Waals surface area contributed by atoms with Crippen molar-refractivity contribution in [2.24, 2.45) is 0 Å². The van der Waals surface area contributed by atoms with Crippen LogP contribution in [0.3, 0.4) is 0 Å². The molecule has 0 spiro atoms. The van der Waals surface area contributed by atoms with E-state index in [1.165, 1.54) is 43.4 Å². The quantitative estimate of drug-likeness (QED) is 0.691. The van der Waals surface area contributed by atoms with Crippen LogP contribution in [0, 0.1) is 13.8 Å². The van der Waals surface area contributed by atoms with Crippen LogP contribution in [0.5, 0.6) is 0 Å². The predicted octanol–water partition coefficient (Wildman–Crippen LogP) is 5.08. The normalized spacial score (nSPS) is 17.8. The molecule has 1 aliphatic carbocycles. The van der Waals surface area contributed by atoms with Crippen LogP contribution in [0.2, 0.25) is 0 Å². The first-order chi connectivity index (χ1) is 13.1. The number of hydrogen-bond donors (Lipinski definition) is 0. The number of rotatable bonds is 4. The highest BCUT2D eigenvalue weighted by molar-refractivity contribution is 7.99. The number of imidazole rings is 1. The molecule has 5 heteroatoms. The minimum absolute atomic E-state index is 0.195. The number of anilines is 1. The van der Waals surface area contributed by atoms with E-state index in [2.05, 4.69) is 36.6 Å². The summed E-state index contributed by atoms with van der Waals surface area (Å²) >= 11 is 1.61. The van der Waals surface area contributed by atoms with Gasteiger partial charge in [0.05, 0.1) is 11.4 Å². The lowest BCUT2D eigenvalue weighted by Gasteiger charge is -2.29. The third-order valence-electron chi connectivity index (χ3n) is 6.03. The number of aromatic nitrogens is 2. The fourth-order valence-electron chi connectivity index (χ4n) is 4.46. The number of para-hydroxylation sites is 1. The van der Waals surface area contributed by atoms with Gasteiger partial charge in [-0.1, -0.05) is 49.2 Å². The summed E-state index contributed by atoms with van der Waals surface area (Å²) in [4.78, 5) is 19.8. The summed E-state index contributed by atoms with van der Waals surface area (Å²) in [5.74, 6) is 0.650. The number of nitrogens with zero attached hydrogens (tertiary/aromatic N) is 3. The molecule has 2 aliphatic rings. The second-order valence-corrected chi connectivity index (χ2v) is 8.74. The molecule has 0 atom stereocenters. The highest BCUT2D eigenvalue weighted by atomic mass is 32.2. The van der Waals surface area contributed by atoms with E-state index in [1.807, 2.05) is 11.0 Å². The van der Waals surface area contributed by atoms with Crippen molar-refractivity contribution in [3.05, 3.63) is 41.2 Å². The van der Waals surface area contributed by atoms with Crippen LogP contribution < -0.4 is 4.90 Å². The molecule has 1 aliphatic heterocycles. The second-order valence-electron chi connectivity index (χ2n) is 7.79. The lowest BCUT2D eigenvalue weighted by Crippen LogP contribution is -2.36. The average molecular weight is 384 g/mol. The molecule has 1 saturated carbocycles. The number of aryl methyl sites for hydroxylation is 2. The van der Waals surface area contributed by atoms with Crippen LogP contribution in [0.1, 0.15) is 61.5 Å². The Balaban J connectivity index is 1.49. The van der Waals surface area contributed by atoms with E-state index < -0.39 is 0 Å². The first kappa shape index (κ1) is 18.6. The molecule has 4 nitrogen and oxygen atoms in total. The van der Waals surface area contributed by atoms with Gasteiger partial charge in [0.25, 0.3) is 0 Å². The monoisotopic (exact) mass is 383 g/mol. The third kappa shape index (κ3) is 3.79. The van der Waals surface area contributed by atoms with Gasteiger partial charge in [0.1, 0.15) is 0 Å². The summed E-state index contributed by atoms with van der Waals surface area (Å²) in [6.07, 6.45) is 8.53. The smallest absolute Gasteiger partial charge is 0.237 e. The Morgan fingerprint density at radius 3 is 2.74 bits per heavy atom. The van der Waals surface area contributed by atoms with E-state index in [0.717, 1.165) is 35.9 Å². The molecule has 27 heavy (non-hydrogen) atoms. The molecule has 2 aromatic rings. The summed E-state index contributed by atoms with van der Waals surface area (Å²) < 4.78 is 2.41. The lowest BCUT2D eigenvalue weighted by molar-refractivity contribution is -0.116. The highest BCUT2D eigenvalue weighted by Crippen LogP contribution is 2.35. The van der Waals surface area contributed by atoms with Gasteiger partial charge in [-0.15, -0.1) is 0 Å². The van der Waals surface area contributed by atoms with Gasteiger partial charge in [0.2, 0.25) is 5.91 Å². The fraction of sp³-hybridized carbons (Fsp3) is 0.545. The van der Waals surface area contributed by atoms with Crippen molar-refractivity contribution in [2.75, 3.05) is 17.2 Å². The van der Waals surface area contributed by atoms with Crippen molar-refractivity contribution in [3.8, 4) is 0 Å². The zero-order valence-corrected chi connectivity index (χ0v) is 17.2. The Labute approximate surface area is 166 Å².